The molecule has 0 saturated carbocycles. The number of aryl methyl sites for hydroxylation is 1. The van der Waals surface area contributed by atoms with E-state index in [1.165, 1.54) is 11.1 Å². The predicted octanol–water partition coefficient (Wildman–Crippen LogP) is 5.36. The molecule has 2 aromatic carbocycles. The van der Waals surface area contributed by atoms with Crippen molar-refractivity contribution in [2.75, 3.05) is 5.32 Å². The maximum absolute atomic E-state index is 12.6. The van der Waals surface area contributed by atoms with Gasteiger partial charge in [0.05, 0.1) is 6.26 Å². The molecule has 28 heavy (non-hydrogen) atoms. The first-order valence-corrected chi connectivity index (χ1v) is 9.61. The van der Waals surface area contributed by atoms with Crippen molar-refractivity contribution in [2.45, 2.75) is 39.8 Å². The zero-order valence-corrected chi connectivity index (χ0v) is 16.6. The summed E-state index contributed by atoms with van der Waals surface area (Å²) in [5, 5.41) is 3.28. The number of carbonyl (C=O) groups excluding carboxylic acids is 1. The number of benzene rings is 2. The average molecular weight is 377 g/mol. The second kappa shape index (κ2) is 9.27. The first-order valence-electron chi connectivity index (χ1n) is 9.61. The zero-order valence-electron chi connectivity index (χ0n) is 16.6. The van der Waals surface area contributed by atoms with Gasteiger partial charge in [-0.2, -0.15) is 0 Å². The SMILES string of the molecule is Cc1ccc(N[C@H](C(=O)OCc2coc(Cc3ccccc3)c2)C(C)C)cc1. The van der Waals surface area contributed by atoms with Gasteiger partial charge in [-0.15, -0.1) is 0 Å². The maximum Gasteiger partial charge on any atom is 0.329 e. The summed E-state index contributed by atoms with van der Waals surface area (Å²) in [4.78, 5) is 12.6. The molecule has 1 atom stereocenters. The van der Waals surface area contributed by atoms with Gasteiger partial charge in [0.15, 0.2) is 0 Å². The number of hydrogen-bond acceptors (Lipinski definition) is 4. The second-order valence-electron chi connectivity index (χ2n) is 7.42. The molecule has 3 rings (SSSR count). The third-order valence-corrected chi connectivity index (χ3v) is 4.60. The van der Waals surface area contributed by atoms with Crippen molar-refractivity contribution in [2.24, 2.45) is 5.92 Å². The number of hydrogen-bond donors (Lipinski definition) is 1. The maximum atomic E-state index is 12.6. The number of carbonyl (C=O) groups is 1. The lowest BCUT2D eigenvalue weighted by atomic mass is 10.0. The Balaban J connectivity index is 1.56. The summed E-state index contributed by atoms with van der Waals surface area (Å²) in [6.07, 6.45) is 2.38. The molecule has 0 aliphatic carbocycles. The molecular weight excluding hydrogens is 350 g/mol. The molecule has 0 radical (unpaired) electrons. The van der Waals surface area contributed by atoms with Crippen molar-refractivity contribution >= 4 is 11.7 Å². The Morgan fingerprint density at radius 3 is 2.43 bits per heavy atom. The van der Waals surface area contributed by atoms with Crippen LogP contribution in [-0.2, 0) is 22.6 Å². The van der Waals surface area contributed by atoms with Crippen LogP contribution in [0.1, 0.15) is 36.3 Å². The number of ether oxygens (including phenoxy) is 1. The van der Waals surface area contributed by atoms with E-state index in [1.807, 2.05) is 69.3 Å². The van der Waals surface area contributed by atoms with Crippen LogP contribution in [0.4, 0.5) is 5.69 Å². The molecule has 0 spiro atoms. The average Bonchev–Trinajstić information content (AvgIpc) is 3.13. The summed E-state index contributed by atoms with van der Waals surface area (Å²) in [6, 6.07) is 19.7. The van der Waals surface area contributed by atoms with Gasteiger partial charge in [-0.25, -0.2) is 4.79 Å². The fraction of sp³-hybridized carbons (Fsp3) is 0.292. The zero-order chi connectivity index (χ0) is 19.9. The highest BCUT2D eigenvalue weighted by molar-refractivity contribution is 5.79. The van der Waals surface area contributed by atoms with E-state index in [0.29, 0.717) is 0 Å². The molecule has 146 valence electrons. The van der Waals surface area contributed by atoms with Crippen molar-refractivity contribution in [1.82, 2.24) is 0 Å². The quantitative estimate of drug-likeness (QED) is 0.537. The van der Waals surface area contributed by atoms with Crippen LogP contribution in [0.2, 0.25) is 0 Å². The third-order valence-electron chi connectivity index (χ3n) is 4.60. The van der Waals surface area contributed by atoms with Crippen molar-refractivity contribution in [3.05, 3.63) is 89.4 Å². The molecule has 0 saturated heterocycles. The summed E-state index contributed by atoms with van der Waals surface area (Å²) in [5.74, 6) is 0.698. The lowest BCUT2D eigenvalue weighted by molar-refractivity contribution is -0.146. The summed E-state index contributed by atoms with van der Waals surface area (Å²) in [6.45, 7) is 6.25. The van der Waals surface area contributed by atoms with E-state index in [-0.39, 0.29) is 18.5 Å². The lowest BCUT2D eigenvalue weighted by Gasteiger charge is -2.22. The molecule has 0 amide bonds. The van der Waals surface area contributed by atoms with E-state index in [2.05, 4.69) is 17.4 Å². The molecule has 0 aliphatic heterocycles. The van der Waals surface area contributed by atoms with E-state index < -0.39 is 6.04 Å². The van der Waals surface area contributed by atoms with E-state index in [1.54, 1.807) is 6.26 Å². The molecule has 4 heteroatoms. The fourth-order valence-corrected chi connectivity index (χ4v) is 2.96. The van der Waals surface area contributed by atoms with Crippen molar-refractivity contribution < 1.29 is 13.9 Å². The number of rotatable bonds is 8. The highest BCUT2D eigenvalue weighted by Crippen LogP contribution is 2.17. The minimum Gasteiger partial charge on any atom is -0.469 e. The van der Waals surface area contributed by atoms with Gasteiger partial charge in [-0.1, -0.05) is 61.9 Å². The van der Waals surface area contributed by atoms with Crippen LogP contribution in [0.25, 0.3) is 0 Å². The highest BCUT2D eigenvalue weighted by Gasteiger charge is 2.24. The summed E-state index contributed by atoms with van der Waals surface area (Å²) in [7, 11) is 0. The molecule has 1 heterocycles. The molecule has 4 nitrogen and oxygen atoms in total. The molecule has 0 aliphatic rings. The first kappa shape index (κ1) is 19.7. The van der Waals surface area contributed by atoms with Gasteiger partial charge in [0, 0.05) is 17.7 Å². The van der Waals surface area contributed by atoms with Gasteiger partial charge in [-0.3, -0.25) is 0 Å². The highest BCUT2D eigenvalue weighted by atomic mass is 16.5. The first-order chi connectivity index (χ1) is 13.5. The van der Waals surface area contributed by atoms with Crippen LogP contribution in [0.3, 0.4) is 0 Å². The molecular formula is C24H27NO3. The molecule has 1 N–H and O–H groups in total. The van der Waals surface area contributed by atoms with Crippen LogP contribution < -0.4 is 5.32 Å². The smallest absolute Gasteiger partial charge is 0.329 e. The molecule has 0 fully saturated rings. The van der Waals surface area contributed by atoms with E-state index >= 15 is 0 Å². The second-order valence-corrected chi connectivity index (χ2v) is 7.42. The number of nitrogens with one attached hydrogen (secondary N) is 1. The number of furan rings is 1. The van der Waals surface area contributed by atoms with Crippen LogP contribution in [0, 0.1) is 12.8 Å². The molecule has 1 aromatic heterocycles. The normalized spacial score (nSPS) is 12.0. The van der Waals surface area contributed by atoms with Crippen LogP contribution in [0.15, 0.2) is 71.3 Å². The number of esters is 1. The van der Waals surface area contributed by atoms with Gasteiger partial charge in [-0.05, 0) is 36.6 Å². The Kier molecular flexibility index (Phi) is 6.53. The molecule has 3 aromatic rings. The van der Waals surface area contributed by atoms with E-state index in [9.17, 15) is 4.79 Å². The van der Waals surface area contributed by atoms with Crippen molar-refractivity contribution in [3.63, 3.8) is 0 Å². The van der Waals surface area contributed by atoms with Crippen molar-refractivity contribution in [3.8, 4) is 0 Å². The van der Waals surface area contributed by atoms with Crippen LogP contribution >= 0.6 is 0 Å². The predicted molar refractivity (Wildman–Crippen MR) is 111 cm³/mol. The summed E-state index contributed by atoms with van der Waals surface area (Å²) >= 11 is 0. The van der Waals surface area contributed by atoms with Gasteiger partial charge in [0.2, 0.25) is 0 Å². The number of anilines is 1. The van der Waals surface area contributed by atoms with E-state index in [0.717, 1.165) is 23.4 Å². The van der Waals surface area contributed by atoms with E-state index in [4.69, 9.17) is 9.15 Å². The summed E-state index contributed by atoms with van der Waals surface area (Å²) < 4.78 is 11.2. The van der Waals surface area contributed by atoms with Gasteiger partial charge in [0.25, 0.3) is 0 Å². The van der Waals surface area contributed by atoms with Crippen molar-refractivity contribution in [1.29, 1.82) is 0 Å². The standard InChI is InChI=1S/C24H27NO3/c1-17(2)23(25-21-11-9-18(3)10-12-21)24(26)28-16-20-14-22(27-15-20)13-19-7-5-4-6-8-19/h4-12,14-15,17,23,25H,13,16H2,1-3H3/t23-/m0/s1. The van der Waals surface area contributed by atoms with Gasteiger partial charge < -0.3 is 14.5 Å². The Hall–Kier alpha value is -3.01. The Bertz CT molecular complexity index is 882. The largest absolute Gasteiger partial charge is 0.469 e. The Morgan fingerprint density at radius 2 is 1.75 bits per heavy atom. The topological polar surface area (TPSA) is 51.5 Å². The summed E-state index contributed by atoms with van der Waals surface area (Å²) in [5.41, 5.74) is 4.13. The van der Waals surface area contributed by atoms with Crippen LogP contribution in [-0.4, -0.2) is 12.0 Å². The monoisotopic (exact) mass is 377 g/mol. The lowest BCUT2D eigenvalue weighted by Crippen LogP contribution is -2.36. The minimum atomic E-state index is -0.404. The third kappa shape index (κ3) is 5.49. The van der Waals surface area contributed by atoms with Gasteiger partial charge >= 0.3 is 5.97 Å². The minimum absolute atomic E-state index is 0.104. The van der Waals surface area contributed by atoms with Gasteiger partial charge in [0.1, 0.15) is 18.4 Å². The fourth-order valence-electron chi connectivity index (χ4n) is 2.96. The Morgan fingerprint density at radius 1 is 1.04 bits per heavy atom. The molecule has 0 unspecified atom stereocenters. The van der Waals surface area contributed by atoms with Crippen LogP contribution in [0.5, 0.6) is 0 Å². The molecule has 0 bridgehead atoms. The Labute approximate surface area is 166 Å².